The summed E-state index contributed by atoms with van der Waals surface area (Å²) in [5.41, 5.74) is 0.0163. The lowest BCUT2D eigenvalue weighted by molar-refractivity contribution is -0.384. The molecule has 2 aromatic heterocycles. The summed E-state index contributed by atoms with van der Waals surface area (Å²) in [6.07, 6.45) is 10.9. The summed E-state index contributed by atoms with van der Waals surface area (Å²) in [6, 6.07) is 3.06. The zero-order valence-electron chi connectivity index (χ0n) is 11.1. The van der Waals surface area contributed by atoms with Gasteiger partial charge in [0.1, 0.15) is 5.82 Å². The van der Waals surface area contributed by atoms with Gasteiger partial charge in [-0.3, -0.25) is 14.7 Å². The van der Waals surface area contributed by atoms with E-state index < -0.39 is 4.92 Å². The minimum atomic E-state index is -0.396. The molecule has 0 N–H and O–H groups in total. The Morgan fingerprint density at radius 2 is 2.00 bits per heavy atom. The van der Waals surface area contributed by atoms with Crippen LogP contribution in [0.15, 0.2) is 30.7 Å². The molecule has 6 heteroatoms. The molecule has 1 saturated carbocycles. The maximum Gasteiger partial charge on any atom is 0.312 e. The van der Waals surface area contributed by atoms with Crippen molar-refractivity contribution in [3.05, 3.63) is 46.7 Å². The second kappa shape index (κ2) is 5.40. The highest BCUT2D eigenvalue weighted by Gasteiger charge is 2.24. The topological polar surface area (TPSA) is 73.8 Å². The van der Waals surface area contributed by atoms with E-state index in [-0.39, 0.29) is 5.69 Å². The molecule has 6 nitrogen and oxygen atoms in total. The van der Waals surface area contributed by atoms with E-state index in [1.807, 2.05) is 0 Å². The summed E-state index contributed by atoms with van der Waals surface area (Å²) in [7, 11) is 0. The second-order valence-electron chi connectivity index (χ2n) is 5.09. The van der Waals surface area contributed by atoms with Crippen LogP contribution in [0.1, 0.15) is 43.8 Å². The molecule has 1 fully saturated rings. The number of aromatic nitrogens is 3. The summed E-state index contributed by atoms with van der Waals surface area (Å²) < 4.78 is 1.77. The second-order valence-corrected chi connectivity index (χ2v) is 5.09. The van der Waals surface area contributed by atoms with Crippen LogP contribution < -0.4 is 0 Å². The lowest BCUT2D eigenvalue weighted by Crippen LogP contribution is -2.12. The SMILES string of the molecule is O=[N+]([O-])c1cccnc1-n1ccnc1C1CCCCC1. The predicted molar refractivity (Wildman–Crippen MR) is 73.8 cm³/mol. The van der Waals surface area contributed by atoms with Crippen molar-refractivity contribution < 1.29 is 4.92 Å². The first kappa shape index (κ1) is 12.8. The number of imidazole rings is 1. The van der Waals surface area contributed by atoms with Crippen molar-refractivity contribution in [1.29, 1.82) is 0 Å². The minimum Gasteiger partial charge on any atom is -0.282 e. The summed E-state index contributed by atoms with van der Waals surface area (Å²) >= 11 is 0. The van der Waals surface area contributed by atoms with Gasteiger partial charge in [0.05, 0.1) is 4.92 Å². The highest BCUT2D eigenvalue weighted by molar-refractivity contribution is 5.47. The van der Waals surface area contributed by atoms with Gasteiger partial charge in [-0.2, -0.15) is 0 Å². The number of pyridine rings is 1. The molecule has 0 aliphatic heterocycles. The minimum absolute atomic E-state index is 0.0163. The van der Waals surface area contributed by atoms with Crippen molar-refractivity contribution in [3.63, 3.8) is 0 Å². The van der Waals surface area contributed by atoms with Crippen molar-refractivity contribution in [3.8, 4) is 5.82 Å². The largest absolute Gasteiger partial charge is 0.312 e. The molecule has 2 aromatic rings. The molecule has 1 aliphatic rings. The lowest BCUT2D eigenvalue weighted by Gasteiger charge is -2.21. The van der Waals surface area contributed by atoms with E-state index in [0.29, 0.717) is 11.7 Å². The summed E-state index contributed by atoms with van der Waals surface area (Å²) in [5.74, 6) is 1.63. The molecule has 0 bridgehead atoms. The lowest BCUT2D eigenvalue weighted by atomic mass is 9.88. The zero-order chi connectivity index (χ0) is 13.9. The van der Waals surface area contributed by atoms with E-state index in [0.717, 1.165) is 18.7 Å². The molecule has 0 spiro atoms. The van der Waals surface area contributed by atoms with Crippen LogP contribution in [0, 0.1) is 10.1 Å². The third-order valence-corrected chi connectivity index (χ3v) is 3.83. The first-order valence-electron chi connectivity index (χ1n) is 6.90. The molecule has 0 saturated heterocycles. The van der Waals surface area contributed by atoms with Crippen LogP contribution in [0.3, 0.4) is 0 Å². The Hall–Kier alpha value is -2.24. The van der Waals surface area contributed by atoms with Crippen LogP contribution in [0.25, 0.3) is 5.82 Å². The first-order valence-corrected chi connectivity index (χ1v) is 6.90. The van der Waals surface area contributed by atoms with Crippen LogP contribution in [0.2, 0.25) is 0 Å². The van der Waals surface area contributed by atoms with Crippen LogP contribution >= 0.6 is 0 Å². The first-order chi connectivity index (χ1) is 9.77. The van der Waals surface area contributed by atoms with E-state index >= 15 is 0 Å². The van der Waals surface area contributed by atoms with Gasteiger partial charge in [-0.25, -0.2) is 9.97 Å². The van der Waals surface area contributed by atoms with Gasteiger partial charge in [0.2, 0.25) is 5.82 Å². The smallest absolute Gasteiger partial charge is 0.282 e. The standard InChI is InChI=1S/C14H16N4O2/c19-18(20)12-7-4-8-15-14(12)17-10-9-16-13(17)11-5-2-1-3-6-11/h4,7-11H,1-3,5-6H2. The van der Waals surface area contributed by atoms with Gasteiger partial charge in [-0.05, 0) is 18.9 Å². The van der Waals surface area contributed by atoms with E-state index in [1.165, 1.54) is 25.3 Å². The molecule has 3 rings (SSSR count). The highest BCUT2D eigenvalue weighted by atomic mass is 16.6. The molecule has 2 heterocycles. The number of rotatable bonds is 3. The molecule has 0 radical (unpaired) electrons. The van der Waals surface area contributed by atoms with E-state index in [9.17, 15) is 10.1 Å². The van der Waals surface area contributed by atoms with Crippen LogP contribution in [-0.4, -0.2) is 19.5 Å². The Bertz CT molecular complexity index is 617. The molecule has 0 aromatic carbocycles. The van der Waals surface area contributed by atoms with Crippen LogP contribution in [-0.2, 0) is 0 Å². The molecular weight excluding hydrogens is 256 g/mol. The van der Waals surface area contributed by atoms with Crippen molar-refractivity contribution in [2.75, 3.05) is 0 Å². The van der Waals surface area contributed by atoms with E-state index in [1.54, 1.807) is 29.2 Å². The Labute approximate surface area is 116 Å². The van der Waals surface area contributed by atoms with E-state index in [2.05, 4.69) is 9.97 Å². The molecule has 0 amide bonds. The molecule has 1 aliphatic carbocycles. The van der Waals surface area contributed by atoms with Gasteiger partial charge in [0, 0.05) is 30.6 Å². The van der Waals surface area contributed by atoms with Gasteiger partial charge in [0.15, 0.2) is 0 Å². The monoisotopic (exact) mass is 272 g/mol. The summed E-state index contributed by atoms with van der Waals surface area (Å²) in [5, 5.41) is 11.1. The number of nitro groups is 1. The highest BCUT2D eigenvalue weighted by Crippen LogP contribution is 2.33. The van der Waals surface area contributed by atoms with Gasteiger partial charge in [-0.1, -0.05) is 19.3 Å². The van der Waals surface area contributed by atoms with Crippen molar-refractivity contribution in [2.45, 2.75) is 38.0 Å². The Morgan fingerprint density at radius 1 is 1.20 bits per heavy atom. The maximum absolute atomic E-state index is 11.1. The van der Waals surface area contributed by atoms with Gasteiger partial charge in [-0.15, -0.1) is 0 Å². The summed E-state index contributed by atoms with van der Waals surface area (Å²) in [4.78, 5) is 19.3. The fraction of sp³-hybridized carbons (Fsp3) is 0.429. The predicted octanol–water partition coefficient (Wildman–Crippen LogP) is 3.22. The van der Waals surface area contributed by atoms with Gasteiger partial charge in [0.25, 0.3) is 0 Å². The van der Waals surface area contributed by atoms with Crippen molar-refractivity contribution in [2.24, 2.45) is 0 Å². The van der Waals surface area contributed by atoms with Crippen LogP contribution in [0.4, 0.5) is 5.69 Å². The molecular formula is C14H16N4O2. The fourth-order valence-corrected chi connectivity index (χ4v) is 2.87. The molecule has 0 atom stereocenters. The number of hydrogen-bond acceptors (Lipinski definition) is 4. The van der Waals surface area contributed by atoms with Gasteiger partial charge >= 0.3 is 5.69 Å². The van der Waals surface area contributed by atoms with Crippen LogP contribution in [0.5, 0.6) is 0 Å². The van der Waals surface area contributed by atoms with Crippen molar-refractivity contribution >= 4 is 5.69 Å². The third-order valence-electron chi connectivity index (χ3n) is 3.83. The number of nitrogens with zero attached hydrogens (tertiary/aromatic N) is 4. The Kier molecular flexibility index (Phi) is 3.45. The number of hydrogen-bond donors (Lipinski definition) is 0. The molecule has 0 unspecified atom stereocenters. The molecule has 20 heavy (non-hydrogen) atoms. The normalized spacial score (nSPS) is 16.2. The third kappa shape index (κ3) is 2.29. The summed E-state index contributed by atoms with van der Waals surface area (Å²) in [6.45, 7) is 0. The quantitative estimate of drug-likeness (QED) is 0.635. The Balaban J connectivity index is 2.03. The van der Waals surface area contributed by atoms with Gasteiger partial charge < -0.3 is 0 Å². The average molecular weight is 272 g/mol. The molecule has 104 valence electrons. The zero-order valence-corrected chi connectivity index (χ0v) is 11.1. The van der Waals surface area contributed by atoms with E-state index in [4.69, 9.17) is 0 Å². The Morgan fingerprint density at radius 3 is 2.75 bits per heavy atom. The average Bonchev–Trinajstić information content (AvgIpc) is 2.97. The van der Waals surface area contributed by atoms with Crippen molar-refractivity contribution in [1.82, 2.24) is 14.5 Å². The maximum atomic E-state index is 11.1. The fourth-order valence-electron chi connectivity index (χ4n) is 2.87.